The van der Waals surface area contributed by atoms with E-state index >= 15 is 0 Å². The van der Waals surface area contributed by atoms with E-state index in [0.717, 1.165) is 54.8 Å². The Morgan fingerprint density at radius 1 is 1.17 bits per heavy atom. The van der Waals surface area contributed by atoms with Crippen molar-refractivity contribution in [3.05, 3.63) is 23.3 Å². The summed E-state index contributed by atoms with van der Waals surface area (Å²) in [6.45, 7) is 6.96. The van der Waals surface area contributed by atoms with Gasteiger partial charge in [0.15, 0.2) is 5.13 Å². The van der Waals surface area contributed by atoms with E-state index in [1.807, 2.05) is 0 Å². The van der Waals surface area contributed by atoms with Gasteiger partial charge in [0.2, 0.25) is 5.91 Å². The van der Waals surface area contributed by atoms with Gasteiger partial charge in [-0.15, -0.1) is 0 Å². The molecule has 1 aromatic carbocycles. The van der Waals surface area contributed by atoms with Gasteiger partial charge in [0, 0.05) is 30.8 Å². The molecule has 30 heavy (non-hydrogen) atoms. The third-order valence-corrected chi connectivity index (χ3v) is 9.01. The van der Waals surface area contributed by atoms with Gasteiger partial charge >= 0.3 is 0 Å². The van der Waals surface area contributed by atoms with Gasteiger partial charge in [0.25, 0.3) is 0 Å². The molecule has 2 aromatic rings. The monoisotopic (exact) mass is 445 g/mol. The number of thioether (sulfide) groups is 1. The van der Waals surface area contributed by atoms with Crippen LogP contribution in [0.3, 0.4) is 0 Å². The fraction of sp³-hybridized carbons (Fsp3) is 0.667. The van der Waals surface area contributed by atoms with Gasteiger partial charge in [-0.1, -0.05) is 36.7 Å². The van der Waals surface area contributed by atoms with Crippen molar-refractivity contribution in [3.63, 3.8) is 0 Å². The Balaban J connectivity index is 1.18. The number of hydrogen-bond donors (Lipinski definition) is 1. The van der Waals surface area contributed by atoms with E-state index in [0.29, 0.717) is 0 Å². The molecule has 0 bridgehead atoms. The molecule has 1 aliphatic heterocycles. The molecule has 1 saturated carbocycles. The smallest absolute Gasteiger partial charge is 0.223 e. The minimum absolute atomic E-state index is 0.158. The maximum atomic E-state index is 12.6. The van der Waals surface area contributed by atoms with E-state index < -0.39 is 0 Å². The molecule has 0 radical (unpaired) electrons. The molecule has 2 aliphatic rings. The average Bonchev–Trinajstić information content (AvgIpc) is 3.19. The van der Waals surface area contributed by atoms with Gasteiger partial charge in [-0.25, -0.2) is 4.98 Å². The summed E-state index contributed by atoms with van der Waals surface area (Å²) in [6, 6.07) is 4.44. The fourth-order valence-electron chi connectivity index (χ4n) is 4.74. The number of rotatable bonds is 7. The maximum absolute atomic E-state index is 12.6. The summed E-state index contributed by atoms with van der Waals surface area (Å²) >= 11 is 3.91. The number of fused-ring (bicyclic) bond motifs is 1. The van der Waals surface area contributed by atoms with E-state index in [4.69, 9.17) is 4.98 Å². The SMILES string of the molecule is Cc1cc(C)c2nc(N3CCC(C(=O)NCCCSC4CCCCC4)CC3)sc2c1. The zero-order valence-electron chi connectivity index (χ0n) is 18.4. The third-order valence-electron chi connectivity index (χ3n) is 6.48. The van der Waals surface area contributed by atoms with Crippen LogP contribution in [0.4, 0.5) is 5.13 Å². The van der Waals surface area contributed by atoms with Crippen molar-refractivity contribution in [1.82, 2.24) is 10.3 Å². The van der Waals surface area contributed by atoms with E-state index in [9.17, 15) is 4.79 Å². The number of nitrogens with zero attached hydrogens (tertiary/aromatic N) is 2. The first-order chi connectivity index (χ1) is 14.6. The van der Waals surface area contributed by atoms with Crippen LogP contribution >= 0.6 is 23.1 Å². The Hall–Kier alpha value is -1.27. The van der Waals surface area contributed by atoms with E-state index in [-0.39, 0.29) is 11.8 Å². The summed E-state index contributed by atoms with van der Waals surface area (Å²) in [4.78, 5) is 19.8. The number of benzene rings is 1. The molecule has 164 valence electrons. The van der Waals surface area contributed by atoms with Crippen LogP contribution in [0.2, 0.25) is 0 Å². The normalized spacial score (nSPS) is 18.8. The number of carbonyl (C=O) groups is 1. The number of aryl methyl sites for hydroxylation is 2. The van der Waals surface area contributed by atoms with Gasteiger partial charge in [0.1, 0.15) is 0 Å². The lowest BCUT2D eigenvalue weighted by atomic mass is 9.96. The number of hydrogen-bond acceptors (Lipinski definition) is 5. The van der Waals surface area contributed by atoms with E-state index in [2.05, 4.69) is 48.0 Å². The van der Waals surface area contributed by atoms with Crippen molar-refractivity contribution in [1.29, 1.82) is 0 Å². The van der Waals surface area contributed by atoms with Crippen molar-refractivity contribution < 1.29 is 4.79 Å². The third kappa shape index (κ3) is 5.50. The predicted molar refractivity (Wildman–Crippen MR) is 131 cm³/mol. The average molecular weight is 446 g/mol. The minimum atomic E-state index is 0.158. The van der Waals surface area contributed by atoms with E-state index in [1.54, 1.807) is 11.3 Å². The number of piperidine rings is 1. The molecule has 6 heteroatoms. The summed E-state index contributed by atoms with van der Waals surface area (Å²) in [5.74, 6) is 1.60. The van der Waals surface area contributed by atoms with Crippen LogP contribution in [0.25, 0.3) is 10.2 Å². The van der Waals surface area contributed by atoms with Crippen LogP contribution in [-0.4, -0.2) is 41.5 Å². The molecule has 0 atom stereocenters. The Kier molecular flexibility index (Phi) is 7.58. The summed E-state index contributed by atoms with van der Waals surface area (Å²) < 4.78 is 1.27. The van der Waals surface area contributed by atoms with Gasteiger partial charge in [0.05, 0.1) is 10.2 Å². The van der Waals surface area contributed by atoms with Crippen LogP contribution < -0.4 is 10.2 Å². The van der Waals surface area contributed by atoms with Gasteiger partial charge < -0.3 is 10.2 Å². The fourth-order valence-corrected chi connectivity index (χ4v) is 7.24. The highest BCUT2D eigenvalue weighted by Crippen LogP contribution is 2.33. The number of anilines is 1. The van der Waals surface area contributed by atoms with Gasteiger partial charge in [-0.2, -0.15) is 11.8 Å². The largest absolute Gasteiger partial charge is 0.356 e. The van der Waals surface area contributed by atoms with Gasteiger partial charge in [-0.3, -0.25) is 4.79 Å². The lowest BCUT2D eigenvalue weighted by Crippen LogP contribution is -2.40. The molecule has 0 unspecified atom stereocenters. The first-order valence-electron chi connectivity index (χ1n) is 11.6. The molecule has 2 fully saturated rings. The Morgan fingerprint density at radius 3 is 2.70 bits per heavy atom. The molecule has 1 amide bonds. The molecule has 0 spiro atoms. The lowest BCUT2D eigenvalue weighted by Gasteiger charge is -2.31. The van der Waals surface area contributed by atoms with Crippen LogP contribution in [0, 0.1) is 19.8 Å². The van der Waals surface area contributed by atoms with E-state index in [1.165, 1.54) is 53.7 Å². The van der Waals surface area contributed by atoms with Crippen molar-refractivity contribution in [2.24, 2.45) is 5.92 Å². The highest BCUT2D eigenvalue weighted by Gasteiger charge is 2.26. The summed E-state index contributed by atoms with van der Waals surface area (Å²) in [6.07, 6.45) is 9.97. The van der Waals surface area contributed by atoms with Crippen molar-refractivity contribution >= 4 is 44.4 Å². The maximum Gasteiger partial charge on any atom is 0.223 e. The predicted octanol–water partition coefficient (Wildman–Crippen LogP) is 5.70. The summed E-state index contributed by atoms with van der Waals surface area (Å²) in [7, 11) is 0. The van der Waals surface area contributed by atoms with Crippen molar-refractivity contribution in [3.8, 4) is 0 Å². The van der Waals surface area contributed by atoms with Gasteiger partial charge in [-0.05, 0) is 68.9 Å². The molecule has 1 aromatic heterocycles. The lowest BCUT2D eigenvalue weighted by molar-refractivity contribution is -0.125. The van der Waals surface area contributed by atoms with Crippen LogP contribution in [-0.2, 0) is 4.79 Å². The molecule has 1 saturated heterocycles. The summed E-state index contributed by atoms with van der Waals surface area (Å²) in [5, 5.41) is 5.17. The molecule has 4 rings (SSSR count). The second-order valence-electron chi connectivity index (χ2n) is 8.96. The Bertz CT molecular complexity index is 851. The topological polar surface area (TPSA) is 45.2 Å². The minimum Gasteiger partial charge on any atom is -0.356 e. The zero-order valence-corrected chi connectivity index (χ0v) is 20.0. The zero-order chi connectivity index (χ0) is 20.9. The molecular weight excluding hydrogens is 410 g/mol. The van der Waals surface area contributed by atoms with Crippen molar-refractivity contribution in [2.75, 3.05) is 30.3 Å². The number of nitrogens with one attached hydrogen (secondary N) is 1. The molecule has 4 nitrogen and oxygen atoms in total. The highest BCUT2D eigenvalue weighted by molar-refractivity contribution is 7.99. The second kappa shape index (κ2) is 10.4. The highest BCUT2D eigenvalue weighted by atomic mass is 32.2. The number of carbonyl (C=O) groups excluding carboxylic acids is 1. The van der Waals surface area contributed by atoms with Crippen LogP contribution in [0.1, 0.15) is 62.5 Å². The summed E-state index contributed by atoms with van der Waals surface area (Å²) in [5.41, 5.74) is 3.68. The second-order valence-corrected chi connectivity index (χ2v) is 11.4. The molecule has 1 aliphatic carbocycles. The van der Waals surface area contributed by atoms with Crippen molar-refractivity contribution in [2.45, 2.75) is 70.5 Å². The Labute approximate surface area is 189 Å². The molecular formula is C24H35N3OS2. The number of aromatic nitrogens is 1. The number of amides is 1. The standard InChI is InChI=1S/C24H35N3OS2/c1-17-15-18(2)22-21(16-17)30-24(26-22)27-12-9-19(10-13-27)23(28)25-11-6-14-29-20-7-4-3-5-8-20/h15-16,19-20H,3-14H2,1-2H3,(H,25,28). The van der Waals surface area contributed by atoms with Crippen LogP contribution in [0.5, 0.6) is 0 Å². The first kappa shape index (κ1) is 21.9. The quantitative estimate of drug-likeness (QED) is 0.555. The Morgan fingerprint density at radius 2 is 1.93 bits per heavy atom. The number of thiazole rings is 1. The first-order valence-corrected chi connectivity index (χ1v) is 13.5. The molecule has 2 heterocycles. The van der Waals surface area contributed by atoms with Crippen LogP contribution in [0.15, 0.2) is 12.1 Å². The molecule has 1 N–H and O–H groups in total.